The number of carboxylic acid groups (broad SMARTS) is 1. The van der Waals surface area contributed by atoms with Gasteiger partial charge in [0.15, 0.2) is 0 Å². The van der Waals surface area contributed by atoms with E-state index in [-0.39, 0.29) is 18.7 Å². The van der Waals surface area contributed by atoms with Gasteiger partial charge in [-0.3, -0.25) is 9.59 Å². The Kier molecular flexibility index (Phi) is 5.12. The number of carbonyl (C=O) groups is 2. The number of hydrogen-bond donors (Lipinski definition) is 2. The first-order valence-corrected chi connectivity index (χ1v) is 7.63. The number of nitrogens with one attached hydrogen (secondary N) is 1. The van der Waals surface area contributed by atoms with Crippen molar-refractivity contribution in [3.8, 4) is 0 Å². The van der Waals surface area contributed by atoms with Gasteiger partial charge in [-0.25, -0.2) is 0 Å². The van der Waals surface area contributed by atoms with E-state index < -0.39 is 11.5 Å². The molecule has 0 radical (unpaired) electrons. The number of hydrogen-bond acceptors (Lipinski definition) is 2. The smallest absolute Gasteiger partial charge is 0.305 e. The molecular weight excluding hydrogens is 313 g/mol. The van der Waals surface area contributed by atoms with Crippen molar-refractivity contribution in [2.75, 3.05) is 0 Å². The molecule has 1 amide bonds. The molecule has 1 fully saturated rings. The third-order valence-corrected chi connectivity index (χ3v) is 4.56. The second-order valence-electron chi connectivity index (χ2n) is 5.48. The van der Waals surface area contributed by atoms with Gasteiger partial charge in [0, 0.05) is 10.0 Å². The summed E-state index contributed by atoms with van der Waals surface area (Å²) >= 11 is 12.1. The van der Waals surface area contributed by atoms with Crippen LogP contribution in [0.25, 0.3) is 0 Å². The first-order valence-electron chi connectivity index (χ1n) is 6.88. The lowest BCUT2D eigenvalue weighted by molar-refractivity contribution is -0.139. The molecule has 0 heterocycles. The first kappa shape index (κ1) is 16.1. The average molecular weight is 330 g/mol. The Balaban J connectivity index is 2.08. The lowest BCUT2D eigenvalue weighted by Gasteiger charge is -2.28. The van der Waals surface area contributed by atoms with Gasteiger partial charge in [-0.2, -0.15) is 0 Å². The third-order valence-electron chi connectivity index (χ3n) is 3.85. The van der Waals surface area contributed by atoms with Crippen LogP contribution in [-0.4, -0.2) is 22.5 Å². The second-order valence-corrected chi connectivity index (χ2v) is 6.30. The second kappa shape index (κ2) is 6.67. The molecule has 0 spiro atoms. The van der Waals surface area contributed by atoms with Crippen LogP contribution in [0.15, 0.2) is 18.2 Å². The Hall–Kier alpha value is -1.26. The Morgan fingerprint density at radius 2 is 1.76 bits per heavy atom. The molecule has 1 aromatic carbocycles. The Morgan fingerprint density at radius 3 is 2.29 bits per heavy atom. The van der Waals surface area contributed by atoms with E-state index in [2.05, 4.69) is 5.32 Å². The largest absolute Gasteiger partial charge is 0.481 e. The van der Waals surface area contributed by atoms with Crippen molar-refractivity contribution in [2.24, 2.45) is 0 Å². The van der Waals surface area contributed by atoms with E-state index >= 15 is 0 Å². The van der Waals surface area contributed by atoms with Crippen molar-refractivity contribution in [3.63, 3.8) is 0 Å². The third kappa shape index (κ3) is 4.11. The number of carbonyl (C=O) groups excluding carboxylic acids is 1. The van der Waals surface area contributed by atoms with Crippen molar-refractivity contribution in [3.05, 3.63) is 33.8 Å². The summed E-state index contributed by atoms with van der Waals surface area (Å²) in [7, 11) is 0. The molecule has 6 heteroatoms. The minimum atomic E-state index is -0.895. The van der Waals surface area contributed by atoms with Crippen LogP contribution in [0.1, 0.15) is 37.7 Å². The van der Waals surface area contributed by atoms with Gasteiger partial charge in [-0.05, 0) is 30.5 Å². The molecule has 1 aliphatic carbocycles. The van der Waals surface area contributed by atoms with Gasteiger partial charge < -0.3 is 10.4 Å². The van der Waals surface area contributed by atoms with Crippen LogP contribution in [0.3, 0.4) is 0 Å². The zero-order chi connectivity index (χ0) is 15.5. The van der Waals surface area contributed by atoms with Crippen molar-refractivity contribution in [1.29, 1.82) is 0 Å². The molecular formula is C15H17Cl2NO3. The Labute approximate surface area is 133 Å². The SMILES string of the molecule is O=C(O)CC1(NC(=O)Cc2c(Cl)cccc2Cl)CCCC1. The summed E-state index contributed by atoms with van der Waals surface area (Å²) in [6.07, 6.45) is 3.26. The molecule has 2 rings (SSSR count). The van der Waals surface area contributed by atoms with E-state index in [4.69, 9.17) is 28.3 Å². The molecule has 2 N–H and O–H groups in total. The summed E-state index contributed by atoms with van der Waals surface area (Å²) < 4.78 is 0. The molecule has 1 saturated carbocycles. The van der Waals surface area contributed by atoms with Gasteiger partial charge in [-0.1, -0.05) is 42.1 Å². The minimum Gasteiger partial charge on any atom is -0.481 e. The zero-order valence-corrected chi connectivity index (χ0v) is 13.0. The lowest BCUT2D eigenvalue weighted by atomic mass is 9.92. The number of amides is 1. The van der Waals surface area contributed by atoms with E-state index in [1.54, 1.807) is 18.2 Å². The summed E-state index contributed by atoms with van der Waals surface area (Å²) in [6.45, 7) is 0. The Bertz CT molecular complexity index is 534. The van der Waals surface area contributed by atoms with Crippen LogP contribution in [0, 0.1) is 0 Å². The first-order chi connectivity index (χ1) is 9.92. The molecule has 0 saturated heterocycles. The van der Waals surface area contributed by atoms with Crippen LogP contribution in [0.5, 0.6) is 0 Å². The number of rotatable bonds is 5. The van der Waals surface area contributed by atoms with E-state index in [0.717, 1.165) is 12.8 Å². The molecule has 4 nitrogen and oxygen atoms in total. The van der Waals surface area contributed by atoms with Gasteiger partial charge in [0.2, 0.25) is 5.91 Å². The standard InChI is InChI=1S/C15H17Cl2NO3/c16-11-4-3-5-12(17)10(11)8-13(19)18-15(9-14(20)21)6-1-2-7-15/h3-5H,1-2,6-9H2,(H,18,19)(H,20,21). The van der Waals surface area contributed by atoms with E-state index in [0.29, 0.717) is 28.5 Å². The Morgan fingerprint density at radius 1 is 1.19 bits per heavy atom. The van der Waals surface area contributed by atoms with Crippen LogP contribution in [0.2, 0.25) is 10.0 Å². The molecule has 0 atom stereocenters. The zero-order valence-electron chi connectivity index (χ0n) is 11.5. The fraction of sp³-hybridized carbons (Fsp3) is 0.467. The van der Waals surface area contributed by atoms with Gasteiger partial charge in [0.05, 0.1) is 18.4 Å². The summed E-state index contributed by atoms with van der Waals surface area (Å²) in [5.74, 6) is -1.14. The number of halogens is 2. The molecule has 0 unspecified atom stereocenters. The number of benzene rings is 1. The van der Waals surface area contributed by atoms with E-state index in [1.807, 2.05) is 0 Å². The van der Waals surface area contributed by atoms with E-state index in [1.165, 1.54) is 0 Å². The number of aliphatic carboxylic acids is 1. The predicted octanol–water partition coefficient (Wildman–Crippen LogP) is 3.44. The molecule has 0 aliphatic heterocycles. The molecule has 0 aromatic heterocycles. The molecule has 1 aromatic rings. The fourth-order valence-electron chi connectivity index (χ4n) is 2.89. The number of carboxylic acids is 1. The van der Waals surface area contributed by atoms with Crippen LogP contribution in [0.4, 0.5) is 0 Å². The maximum absolute atomic E-state index is 12.2. The average Bonchev–Trinajstić information content (AvgIpc) is 2.81. The molecule has 114 valence electrons. The maximum Gasteiger partial charge on any atom is 0.305 e. The van der Waals surface area contributed by atoms with Crippen LogP contribution >= 0.6 is 23.2 Å². The van der Waals surface area contributed by atoms with Crippen LogP contribution in [-0.2, 0) is 16.0 Å². The highest BCUT2D eigenvalue weighted by Gasteiger charge is 2.37. The maximum atomic E-state index is 12.2. The molecule has 21 heavy (non-hydrogen) atoms. The highest BCUT2D eigenvalue weighted by Crippen LogP contribution is 2.33. The van der Waals surface area contributed by atoms with Gasteiger partial charge in [-0.15, -0.1) is 0 Å². The molecule has 1 aliphatic rings. The highest BCUT2D eigenvalue weighted by atomic mass is 35.5. The normalized spacial score (nSPS) is 16.7. The summed E-state index contributed by atoms with van der Waals surface area (Å²) in [4.78, 5) is 23.3. The summed E-state index contributed by atoms with van der Waals surface area (Å²) in [5.41, 5.74) is -0.0572. The predicted molar refractivity (Wildman–Crippen MR) is 81.8 cm³/mol. The van der Waals surface area contributed by atoms with Crippen LogP contribution < -0.4 is 5.32 Å². The minimum absolute atomic E-state index is 0.0466. The van der Waals surface area contributed by atoms with Gasteiger partial charge in [0.1, 0.15) is 0 Å². The van der Waals surface area contributed by atoms with Gasteiger partial charge in [0.25, 0.3) is 0 Å². The highest BCUT2D eigenvalue weighted by molar-refractivity contribution is 6.36. The lowest BCUT2D eigenvalue weighted by Crippen LogP contribution is -2.48. The van der Waals surface area contributed by atoms with Crippen molar-refractivity contribution >= 4 is 35.1 Å². The molecule has 0 bridgehead atoms. The summed E-state index contributed by atoms with van der Waals surface area (Å²) in [5, 5.41) is 12.8. The van der Waals surface area contributed by atoms with Crippen molar-refractivity contribution < 1.29 is 14.7 Å². The quantitative estimate of drug-likeness (QED) is 0.869. The van der Waals surface area contributed by atoms with Gasteiger partial charge >= 0.3 is 5.97 Å². The van der Waals surface area contributed by atoms with Crippen molar-refractivity contribution in [2.45, 2.75) is 44.1 Å². The fourth-order valence-corrected chi connectivity index (χ4v) is 3.42. The monoisotopic (exact) mass is 329 g/mol. The summed E-state index contributed by atoms with van der Waals surface area (Å²) in [6, 6.07) is 5.08. The topological polar surface area (TPSA) is 66.4 Å². The van der Waals surface area contributed by atoms with Crippen molar-refractivity contribution in [1.82, 2.24) is 5.32 Å². The van der Waals surface area contributed by atoms with E-state index in [9.17, 15) is 9.59 Å².